The molecule has 0 aliphatic rings. The van der Waals surface area contributed by atoms with Crippen molar-refractivity contribution in [1.29, 1.82) is 0 Å². The molecule has 0 bridgehead atoms. The van der Waals surface area contributed by atoms with E-state index in [1.54, 1.807) is 55.5 Å². The Bertz CT molecular complexity index is 1260. The number of hydrogen-bond acceptors (Lipinski definition) is 5. The molecule has 1 N–H and O–H groups in total. The molecule has 0 saturated heterocycles. The van der Waals surface area contributed by atoms with E-state index >= 15 is 0 Å². The Balaban J connectivity index is 2.02. The molecule has 0 aliphatic carbocycles. The van der Waals surface area contributed by atoms with Gasteiger partial charge >= 0.3 is 0 Å². The van der Waals surface area contributed by atoms with Crippen molar-refractivity contribution >= 4 is 50.5 Å². The molecule has 0 unspecified atom stereocenters. The van der Waals surface area contributed by atoms with E-state index in [1.165, 1.54) is 26.4 Å². The Morgan fingerprint density at radius 3 is 2.27 bits per heavy atom. The number of ether oxygens (including phenoxy) is 2. The Kier molecular flexibility index (Phi) is 7.73. The fourth-order valence-electron chi connectivity index (χ4n) is 3.08. The second-order valence-corrected chi connectivity index (χ2v) is 9.71. The number of nitrogens with one attached hydrogen (secondary N) is 1. The number of nitrogens with zero attached hydrogens (tertiary/aromatic N) is 1. The number of hydrogen-bond donors (Lipinski definition) is 1. The maximum absolute atomic E-state index is 13.7. The predicted molar refractivity (Wildman–Crippen MR) is 130 cm³/mol. The zero-order valence-corrected chi connectivity index (χ0v) is 20.5. The van der Waals surface area contributed by atoms with E-state index in [0.29, 0.717) is 16.5 Å². The van der Waals surface area contributed by atoms with Crippen LogP contribution in [-0.4, -0.2) is 35.1 Å². The Hall–Kier alpha value is -2.94. The van der Waals surface area contributed by atoms with Gasteiger partial charge in [-0.05, 0) is 67.1 Å². The number of amides is 1. The van der Waals surface area contributed by atoms with Crippen LogP contribution in [0.15, 0.2) is 65.6 Å². The average molecular weight is 509 g/mol. The Labute approximate surface area is 202 Å². The summed E-state index contributed by atoms with van der Waals surface area (Å²) in [6.45, 7) is 1.26. The van der Waals surface area contributed by atoms with Crippen LogP contribution in [-0.2, 0) is 14.8 Å². The van der Waals surface area contributed by atoms with Crippen molar-refractivity contribution in [3.05, 3.63) is 76.3 Å². The van der Waals surface area contributed by atoms with Crippen LogP contribution in [0.25, 0.3) is 0 Å². The second kappa shape index (κ2) is 10.3. The summed E-state index contributed by atoms with van der Waals surface area (Å²) >= 11 is 12.0. The van der Waals surface area contributed by atoms with Gasteiger partial charge in [0.05, 0.1) is 30.6 Å². The van der Waals surface area contributed by atoms with Crippen molar-refractivity contribution in [2.45, 2.75) is 11.8 Å². The van der Waals surface area contributed by atoms with Crippen molar-refractivity contribution in [1.82, 2.24) is 0 Å². The number of anilines is 2. The lowest BCUT2D eigenvalue weighted by Gasteiger charge is -2.25. The monoisotopic (exact) mass is 508 g/mol. The zero-order chi connectivity index (χ0) is 24.2. The van der Waals surface area contributed by atoms with E-state index in [0.717, 1.165) is 9.87 Å². The molecule has 174 valence electrons. The number of carbonyl (C=O) groups excluding carboxylic acids is 1. The molecule has 0 saturated carbocycles. The minimum Gasteiger partial charge on any atom is -0.497 e. The lowest BCUT2D eigenvalue weighted by Crippen LogP contribution is -2.38. The standard InChI is InChI=1S/C23H22Cl2N2O5S/c1-15-4-11-21(32-3)22(12-15)33(29,30)27(17-6-8-18(31-2)9-7-17)14-23(28)26-20-10-5-16(24)13-19(20)25/h4-13H,14H2,1-3H3,(H,26,28). The lowest BCUT2D eigenvalue weighted by atomic mass is 10.2. The van der Waals surface area contributed by atoms with E-state index in [2.05, 4.69) is 5.32 Å². The van der Waals surface area contributed by atoms with Crippen LogP contribution in [0.2, 0.25) is 10.0 Å². The molecular weight excluding hydrogens is 487 g/mol. The summed E-state index contributed by atoms with van der Waals surface area (Å²) < 4.78 is 38.9. The maximum Gasteiger partial charge on any atom is 0.268 e. The summed E-state index contributed by atoms with van der Waals surface area (Å²) in [5, 5.41) is 3.27. The maximum atomic E-state index is 13.7. The molecule has 0 aromatic heterocycles. The summed E-state index contributed by atoms with van der Waals surface area (Å²) in [5.41, 5.74) is 1.31. The number of carbonyl (C=O) groups is 1. The van der Waals surface area contributed by atoms with Crippen LogP contribution in [0.1, 0.15) is 5.56 Å². The van der Waals surface area contributed by atoms with Gasteiger partial charge in [-0.15, -0.1) is 0 Å². The van der Waals surface area contributed by atoms with Gasteiger partial charge in [0, 0.05) is 5.02 Å². The van der Waals surface area contributed by atoms with Crippen LogP contribution in [0, 0.1) is 6.92 Å². The van der Waals surface area contributed by atoms with Gasteiger partial charge in [-0.1, -0.05) is 29.3 Å². The van der Waals surface area contributed by atoms with Gasteiger partial charge in [-0.2, -0.15) is 0 Å². The van der Waals surface area contributed by atoms with Gasteiger partial charge in [0.15, 0.2) is 0 Å². The van der Waals surface area contributed by atoms with Gasteiger partial charge in [0.2, 0.25) is 5.91 Å². The minimum atomic E-state index is -4.19. The van der Waals surface area contributed by atoms with E-state index < -0.39 is 22.5 Å². The molecule has 3 aromatic rings. The first-order chi connectivity index (χ1) is 15.6. The van der Waals surface area contributed by atoms with Gasteiger partial charge in [-0.3, -0.25) is 9.10 Å². The first-order valence-electron chi connectivity index (χ1n) is 9.72. The van der Waals surface area contributed by atoms with Crippen LogP contribution in [0.5, 0.6) is 11.5 Å². The lowest BCUT2D eigenvalue weighted by molar-refractivity contribution is -0.114. The van der Waals surface area contributed by atoms with Crippen LogP contribution >= 0.6 is 23.2 Å². The molecule has 0 aliphatic heterocycles. The SMILES string of the molecule is COc1ccc(N(CC(=O)Nc2ccc(Cl)cc2Cl)S(=O)(=O)c2cc(C)ccc2OC)cc1. The highest BCUT2D eigenvalue weighted by atomic mass is 35.5. The van der Waals surface area contributed by atoms with Crippen molar-refractivity contribution in [3.63, 3.8) is 0 Å². The van der Waals surface area contributed by atoms with Gasteiger partial charge in [0.25, 0.3) is 10.0 Å². The summed E-state index contributed by atoms with van der Waals surface area (Å²) in [6.07, 6.45) is 0. The fraction of sp³-hybridized carbons (Fsp3) is 0.174. The Morgan fingerprint density at radius 1 is 0.970 bits per heavy atom. The van der Waals surface area contributed by atoms with Gasteiger partial charge in [-0.25, -0.2) is 8.42 Å². The van der Waals surface area contributed by atoms with E-state index in [4.69, 9.17) is 32.7 Å². The van der Waals surface area contributed by atoms with Gasteiger partial charge < -0.3 is 14.8 Å². The van der Waals surface area contributed by atoms with Crippen molar-refractivity contribution < 1.29 is 22.7 Å². The largest absolute Gasteiger partial charge is 0.497 e. The quantitative estimate of drug-likeness (QED) is 0.454. The molecule has 3 aromatic carbocycles. The third kappa shape index (κ3) is 5.71. The normalized spacial score (nSPS) is 11.1. The molecule has 0 heterocycles. The third-order valence-electron chi connectivity index (χ3n) is 4.74. The fourth-order valence-corrected chi connectivity index (χ4v) is 5.20. The second-order valence-electron chi connectivity index (χ2n) is 7.04. The van der Waals surface area contributed by atoms with E-state index in [9.17, 15) is 13.2 Å². The van der Waals surface area contributed by atoms with Crippen molar-refractivity contribution in [2.24, 2.45) is 0 Å². The minimum absolute atomic E-state index is 0.0573. The molecule has 10 heteroatoms. The summed E-state index contributed by atoms with van der Waals surface area (Å²) in [7, 11) is -1.30. The number of rotatable bonds is 8. The first kappa shape index (κ1) is 24.7. The van der Waals surface area contributed by atoms with Crippen molar-refractivity contribution in [2.75, 3.05) is 30.4 Å². The summed E-state index contributed by atoms with van der Waals surface area (Å²) in [6, 6.07) is 15.7. The van der Waals surface area contributed by atoms with E-state index in [1.807, 2.05) is 0 Å². The molecule has 7 nitrogen and oxygen atoms in total. The first-order valence-corrected chi connectivity index (χ1v) is 11.9. The predicted octanol–water partition coefficient (Wildman–Crippen LogP) is 5.15. The number of sulfonamides is 1. The molecule has 0 spiro atoms. The third-order valence-corrected chi connectivity index (χ3v) is 7.08. The Morgan fingerprint density at radius 2 is 1.67 bits per heavy atom. The van der Waals surface area contributed by atoms with Crippen molar-refractivity contribution in [3.8, 4) is 11.5 Å². The number of methoxy groups -OCH3 is 2. The molecule has 0 atom stereocenters. The zero-order valence-electron chi connectivity index (χ0n) is 18.1. The van der Waals surface area contributed by atoms with E-state index in [-0.39, 0.29) is 21.4 Å². The van der Waals surface area contributed by atoms with Gasteiger partial charge in [0.1, 0.15) is 22.9 Å². The summed E-state index contributed by atoms with van der Waals surface area (Å²) in [5.74, 6) is 0.118. The summed E-state index contributed by atoms with van der Waals surface area (Å²) in [4.78, 5) is 12.8. The number of halogens is 2. The molecule has 33 heavy (non-hydrogen) atoms. The highest BCUT2D eigenvalue weighted by Gasteiger charge is 2.30. The highest BCUT2D eigenvalue weighted by molar-refractivity contribution is 7.93. The number of benzene rings is 3. The number of aryl methyl sites for hydroxylation is 1. The molecular formula is C23H22Cl2N2O5S. The molecule has 0 radical (unpaired) electrons. The molecule has 0 fully saturated rings. The van der Waals surface area contributed by atoms with Crippen LogP contribution in [0.3, 0.4) is 0 Å². The van der Waals surface area contributed by atoms with Crippen LogP contribution in [0.4, 0.5) is 11.4 Å². The smallest absolute Gasteiger partial charge is 0.268 e. The average Bonchev–Trinajstić information content (AvgIpc) is 2.79. The molecule has 1 amide bonds. The molecule has 3 rings (SSSR count). The topological polar surface area (TPSA) is 84.9 Å². The van der Waals surface area contributed by atoms with Crippen LogP contribution < -0.4 is 19.1 Å². The highest BCUT2D eigenvalue weighted by Crippen LogP contribution is 2.32.